The van der Waals surface area contributed by atoms with E-state index in [1.165, 1.54) is 12.8 Å². The van der Waals surface area contributed by atoms with Crippen molar-refractivity contribution in [1.29, 1.82) is 0 Å². The predicted octanol–water partition coefficient (Wildman–Crippen LogP) is 3.07. The van der Waals surface area contributed by atoms with Crippen LogP contribution < -0.4 is 5.32 Å². The average molecular weight is 292 g/mol. The summed E-state index contributed by atoms with van der Waals surface area (Å²) in [5.41, 5.74) is 1.23. The zero-order valence-electron chi connectivity index (χ0n) is 12.6. The molecule has 0 atom stereocenters. The molecule has 0 bridgehead atoms. The largest absolute Gasteiger partial charge is 0.378 e. The summed E-state index contributed by atoms with van der Waals surface area (Å²) < 4.78 is 5.93. The van der Waals surface area contributed by atoms with Crippen molar-refractivity contribution >= 4 is 5.69 Å². The van der Waals surface area contributed by atoms with Gasteiger partial charge in [-0.25, -0.2) is 0 Å². The van der Waals surface area contributed by atoms with Crippen LogP contribution in [0.2, 0.25) is 0 Å². The Morgan fingerprint density at radius 1 is 1.24 bits per heavy atom. The predicted molar refractivity (Wildman–Crippen MR) is 82.5 cm³/mol. The van der Waals surface area contributed by atoms with Crippen molar-refractivity contribution in [1.82, 2.24) is 5.32 Å². The average Bonchev–Trinajstić information content (AvgIpc) is 2.50. The third kappa shape index (κ3) is 5.10. The number of non-ortho nitro benzene ring substituents is 1. The zero-order valence-corrected chi connectivity index (χ0v) is 12.6. The van der Waals surface area contributed by atoms with Crippen molar-refractivity contribution in [2.24, 2.45) is 0 Å². The number of benzene rings is 1. The molecule has 0 aliphatic heterocycles. The van der Waals surface area contributed by atoms with E-state index >= 15 is 0 Å². The maximum atomic E-state index is 10.6. The minimum Gasteiger partial charge on any atom is -0.378 e. The molecule has 0 saturated heterocycles. The first-order chi connectivity index (χ1) is 10.2. The molecule has 1 N–H and O–H groups in total. The van der Waals surface area contributed by atoms with Gasteiger partial charge >= 0.3 is 0 Å². The molecular formula is C16H24N2O3. The third-order valence-corrected chi connectivity index (χ3v) is 4.06. The Labute approximate surface area is 125 Å². The number of rotatable bonds is 7. The van der Waals surface area contributed by atoms with Crippen LogP contribution in [0, 0.1) is 10.1 Å². The van der Waals surface area contributed by atoms with Crippen molar-refractivity contribution in [2.75, 3.05) is 13.2 Å². The lowest BCUT2D eigenvalue weighted by Gasteiger charge is -2.29. The van der Waals surface area contributed by atoms with Crippen LogP contribution in [0.1, 0.15) is 38.2 Å². The normalized spacial score (nSPS) is 22.1. The van der Waals surface area contributed by atoms with E-state index < -0.39 is 0 Å². The highest BCUT2D eigenvalue weighted by molar-refractivity contribution is 5.32. The zero-order chi connectivity index (χ0) is 15.1. The van der Waals surface area contributed by atoms with Gasteiger partial charge in [0.25, 0.3) is 5.69 Å². The smallest absolute Gasteiger partial charge is 0.269 e. The second kappa shape index (κ2) is 8.10. The quantitative estimate of drug-likeness (QED) is 0.619. The maximum Gasteiger partial charge on any atom is 0.269 e. The van der Waals surface area contributed by atoms with Crippen molar-refractivity contribution in [2.45, 2.75) is 51.2 Å². The molecule has 0 aromatic heterocycles. The van der Waals surface area contributed by atoms with E-state index in [9.17, 15) is 10.1 Å². The Morgan fingerprint density at radius 3 is 2.48 bits per heavy atom. The molecule has 0 amide bonds. The molecule has 2 rings (SSSR count). The standard InChI is InChI=1S/C16H24N2O3/c1-2-17-14-5-9-16(10-6-14)21-12-11-13-3-7-15(8-4-13)18(19)20/h3-4,7-8,14,16-17H,2,5-6,9-12H2,1H3. The lowest BCUT2D eigenvalue weighted by Crippen LogP contribution is -2.35. The number of hydrogen-bond donors (Lipinski definition) is 1. The first-order valence-corrected chi connectivity index (χ1v) is 7.77. The second-order valence-corrected chi connectivity index (χ2v) is 5.58. The fourth-order valence-corrected chi connectivity index (χ4v) is 2.85. The first kappa shape index (κ1) is 15.9. The molecule has 5 nitrogen and oxygen atoms in total. The third-order valence-electron chi connectivity index (χ3n) is 4.06. The van der Waals surface area contributed by atoms with Crippen molar-refractivity contribution in [3.05, 3.63) is 39.9 Å². The molecule has 1 aliphatic rings. The fraction of sp³-hybridized carbons (Fsp3) is 0.625. The van der Waals surface area contributed by atoms with E-state index in [1.54, 1.807) is 12.1 Å². The maximum absolute atomic E-state index is 10.6. The summed E-state index contributed by atoms with van der Waals surface area (Å²) in [4.78, 5) is 10.2. The fourth-order valence-electron chi connectivity index (χ4n) is 2.85. The monoisotopic (exact) mass is 292 g/mol. The number of nitrogens with one attached hydrogen (secondary N) is 1. The molecule has 1 aromatic rings. The van der Waals surface area contributed by atoms with Gasteiger partial charge < -0.3 is 10.1 Å². The van der Waals surface area contributed by atoms with Crippen LogP contribution in [-0.4, -0.2) is 30.2 Å². The molecule has 116 valence electrons. The molecule has 0 spiro atoms. The highest BCUT2D eigenvalue weighted by Crippen LogP contribution is 2.21. The molecule has 0 heterocycles. The van der Waals surface area contributed by atoms with Crippen LogP contribution in [0.25, 0.3) is 0 Å². The van der Waals surface area contributed by atoms with Gasteiger partial charge in [0.2, 0.25) is 0 Å². The molecule has 5 heteroatoms. The Kier molecular flexibility index (Phi) is 6.14. The summed E-state index contributed by atoms with van der Waals surface area (Å²) in [5, 5.41) is 14.1. The summed E-state index contributed by atoms with van der Waals surface area (Å²) in [6, 6.07) is 7.38. The van der Waals surface area contributed by atoms with Crippen LogP contribution in [-0.2, 0) is 11.2 Å². The van der Waals surface area contributed by atoms with E-state index in [1.807, 2.05) is 12.1 Å². The van der Waals surface area contributed by atoms with Crippen LogP contribution in [0.3, 0.4) is 0 Å². The Morgan fingerprint density at radius 2 is 1.90 bits per heavy atom. The summed E-state index contributed by atoms with van der Waals surface area (Å²) in [6.45, 7) is 3.87. The van der Waals surface area contributed by atoms with Crippen LogP contribution in [0.4, 0.5) is 5.69 Å². The minimum atomic E-state index is -0.372. The molecule has 0 unspecified atom stereocenters. The lowest BCUT2D eigenvalue weighted by molar-refractivity contribution is -0.384. The number of hydrogen-bond acceptors (Lipinski definition) is 4. The van der Waals surface area contributed by atoms with E-state index in [0.29, 0.717) is 18.8 Å². The molecule has 21 heavy (non-hydrogen) atoms. The van der Waals surface area contributed by atoms with Crippen LogP contribution >= 0.6 is 0 Å². The first-order valence-electron chi connectivity index (χ1n) is 7.77. The van der Waals surface area contributed by atoms with Gasteiger partial charge in [-0.3, -0.25) is 10.1 Å². The van der Waals surface area contributed by atoms with E-state index in [2.05, 4.69) is 12.2 Å². The summed E-state index contributed by atoms with van der Waals surface area (Å²) in [7, 11) is 0. The van der Waals surface area contributed by atoms with E-state index in [4.69, 9.17) is 4.74 Å². The Balaban J connectivity index is 1.67. The van der Waals surface area contributed by atoms with E-state index in [0.717, 1.165) is 31.4 Å². The van der Waals surface area contributed by atoms with Gasteiger partial charge in [0.15, 0.2) is 0 Å². The highest BCUT2D eigenvalue weighted by Gasteiger charge is 2.20. The number of ether oxygens (including phenoxy) is 1. The van der Waals surface area contributed by atoms with Crippen LogP contribution in [0.5, 0.6) is 0 Å². The molecule has 1 fully saturated rings. The summed E-state index contributed by atoms with van der Waals surface area (Å²) in [5.74, 6) is 0. The number of nitro groups is 1. The van der Waals surface area contributed by atoms with Gasteiger partial charge in [-0.15, -0.1) is 0 Å². The lowest BCUT2D eigenvalue weighted by atomic mass is 9.93. The van der Waals surface area contributed by atoms with E-state index in [-0.39, 0.29) is 10.6 Å². The highest BCUT2D eigenvalue weighted by atomic mass is 16.6. The van der Waals surface area contributed by atoms with Crippen LogP contribution in [0.15, 0.2) is 24.3 Å². The topological polar surface area (TPSA) is 64.4 Å². The second-order valence-electron chi connectivity index (χ2n) is 5.58. The van der Waals surface area contributed by atoms with Crippen molar-refractivity contribution in [3.8, 4) is 0 Å². The minimum absolute atomic E-state index is 0.140. The number of nitrogens with zero attached hydrogens (tertiary/aromatic N) is 1. The van der Waals surface area contributed by atoms with Gasteiger partial charge in [-0.1, -0.05) is 19.1 Å². The van der Waals surface area contributed by atoms with Crippen molar-refractivity contribution in [3.63, 3.8) is 0 Å². The van der Waals surface area contributed by atoms with Crippen molar-refractivity contribution < 1.29 is 9.66 Å². The van der Waals surface area contributed by atoms with Gasteiger partial charge in [-0.05, 0) is 44.2 Å². The Bertz CT molecular complexity index is 439. The summed E-state index contributed by atoms with van der Waals surface area (Å²) >= 11 is 0. The van der Waals surface area contributed by atoms with Gasteiger partial charge in [0, 0.05) is 18.2 Å². The Hall–Kier alpha value is -1.46. The molecular weight excluding hydrogens is 268 g/mol. The molecule has 1 aliphatic carbocycles. The van der Waals surface area contributed by atoms with Gasteiger partial charge in [0.1, 0.15) is 0 Å². The molecule has 0 radical (unpaired) electrons. The van der Waals surface area contributed by atoms with Gasteiger partial charge in [0.05, 0.1) is 17.6 Å². The molecule has 1 saturated carbocycles. The molecule has 1 aromatic carbocycles. The number of nitro benzene ring substituents is 1. The van der Waals surface area contributed by atoms with Gasteiger partial charge in [-0.2, -0.15) is 0 Å². The summed E-state index contributed by atoms with van der Waals surface area (Å²) in [6.07, 6.45) is 5.81. The SMILES string of the molecule is CCNC1CCC(OCCc2ccc([N+](=O)[O-])cc2)CC1.